The first-order valence-corrected chi connectivity index (χ1v) is 7.83. The number of carbonyl (C=O) groups excluding carboxylic acids is 1. The van der Waals surface area contributed by atoms with Gasteiger partial charge in [-0.3, -0.25) is 0 Å². The van der Waals surface area contributed by atoms with E-state index in [9.17, 15) is 4.79 Å². The van der Waals surface area contributed by atoms with Gasteiger partial charge in [-0.1, -0.05) is 57.4 Å². The van der Waals surface area contributed by atoms with Crippen LogP contribution in [0.25, 0.3) is 0 Å². The summed E-state index contributed by atoms with van der Waals surface area (Å²) in [5, 5.41) is 7.80. The third-order valence-electron chi connectivity index (χ3n) is 4.49. The fourth-order valence-corrected chi connectivity index (χ4v) is 2.53. The van der Waals surface area contributed by atoms with Crippen LogP contribution in [0.5, 0.6) is 0 Å². The minimum atomic E-state index is 0.0897. The molecule has 0 aromatic heterocycles. The van der Waals surface area contributed by atoms with Crippen LogP contribution < -0.4 is 0 Å². The number of nitrogens with one attached hydrogen (secondary N) is 1. The van der Waals surface area contributed by atoms with Gasteiger partial charge in [-0.2, -0.15) is 0 Å². The van der Waals surface area contributed by atoms with Crippen LogP contribution in [-0.2, 0) is 4.79 Å². The van der Waals surface area contributed by atoms with E-state index in [4.69, 9.17) is 5.41 Å². The molecular formula is C20H29NO. The maximum absolute atomic E-state index is 10.9. The zero-order chi connectivity index (χ0) is 17.0. The number of allylic oxidation sites excluding steroid dienone is 5. The Kier molecular flexibility index (Phi) is 9.82. The van der Waals surface area contributed by atoms with E-state index < -0.39 is 0 Å². The number of rotatable bonds is 13. The van der Waals surface area contributed by atoms with Crippen molar-refractivity contribution < 1.29 is 4.79 Å². The maximum atomic E-state index is 10.9. The molecule has 0 aromatic carbocycles. The third kappa shape index (κ3) is 7.19. The molecule has 0 rings (SSSR count). The molecule has 0 aliphatic heterocycles. The number of hydrogen-bond donors (Lipinski definition) is 1. The Morgan fingerprint density at radius 1 is 1.05 bits per heavy atom. The molecule has 0 spiro atoms. The first-order valence-electron chi connectivity index (χ1n) is 7.83. The van der Waals surface area contributed by atoms with E-state index in [1.54, 1.807) is 18.2 Å². The molecule has 2 heteroatoms. The predicted octanol–water partition coefficient (Wildman–Crippen LogP) is 5.62. The molecule has 0 amide bonds. The molecule has 0 aliphatic carbocycles. The van der Waals surface area contributed by atoms with E-state index >= 15 is 0 Å². The summed E-state index contributed by atoms with van der Waals surface area (Å²) in [4.78, 5) is 10.9. The molecule has 0 saturated carbocycles. The van der Waals surface area contributed by atoms with E-state index in [1.165, 1.54) is 0 Å². The molecule has 2 nitrogen and oxygen atoms in total. The van der Waals surface area contributed by atoms with E-state index in [2.05, 4.69) is 33.2 Å². The maximum Gasteiger partial charge on any atom is 0.127 e. The second-order valence-electron chi connectivity index (χ2n) is 5.78. The summed E-state index contributed by atoms with van der Waals surface area (Å²) in [5.41, 5.74) is 2.31. The van der Waals surface area contributed by atoms with Gasteiger partial charge < -0.3 is 5.41 Å². The standard InChI is InChI=1S/C20H29NO/c1-6-17(5)10-13-20(9-4,15-12-19(21)8-3)14-11-18(7-2)16-22/h6-8,21H,1-3,5,9-15H2,4H3. The van der Waals surface area contributed by atoms with Crippen molar-refractivity contribution in [2.24, 2.45) is 5.41 Å². The molecule has 22 heavy (non-hydrogen) atoms. The quantitative estimate of drug-likeness (QED) is 0.268. The summed E-state index contributed by atoms with van der Waals surface area (Å²) in [6.45, 7) is 17.2. The van der Waals surface area contributed by atoms with Crippen LogP contribution in [0.3, 0.4) is 0 Å². The Bertz CT molecular complexity index is 454. The van der Waals surface area contributed by atoms with E-state index in [1.807, 2.05) is 5.94 Å². The van der Waals surface area contributed by atoms with Crippen molar-refractivity contribution in [3.05, 3.63) is 55.7 Å². The first-order chi connectivity index (χ1) is 10.5. The van der Waals surface area contributed by atoms with E-state index in [0.29, 0.717) is 24.1 Å². The summed E-state index contributed by atoms with van der Waals surface area (Å²) in [6.07, 6.45) is 11.1. The summed E-state index contributed by atoms with van der Waals surface area (Å²) in [6, 6.07) is 0. The Balaban J connectivity index is 5.03. The van der Waals surface area contributed by atoms with Gasteiger partial charge in [0.05, 0.1) is 0 Å². The van der Waals surface area contributed by atoms with Crippen LogP contribution in [0, 0.1) is 10.8 Å². The van der Waals surface area contributed by atoms with Crippen molar-refractivity contribution >= 4 is 11.7 Å². The normalized spacial score (nSPS) is 12.6. The average molecular weight is 299 g/mol. The van der Waals surface area contributed by atoms with Gasteiger partial charge >= 0.3 is 0 Å². The fourth-order valence-electron chi connectivity index (χ4n) is 2.53. The lowest BCUT2D eigenvalue weighted by molar-refractivity contribution is 0.214. The molecule has 0 heterocycles. The molecule has 0 fully saturated rings. The molecule has 0 aliphatic rings. The van der Waals surface area contributed by atoms with E-state index in [-0.39, 0.29) is 5.41 Å². The Morgan fingerprint density at radius 2 is 1.64 bits per heavy atom. The van der Waals surface area contributed by atoms with Gasteiger partial charge in [-0.05, 0) is 50.0 Å². The van der Waals surface area contributed by atoms with Gasteiger partial charge in [0.1, 0.15) is 5.94 Å². The molecule has 0 aromatic rings. The van der Waals surface area contributed by atoms with Crippen molar-refractivity contribution in [3.63, 3.8) is 0 Å². The van der Waals surface area contributed by atoms with Crippen LogP contribution in [0.1, 0.15) is 51.9 Å². The second-order valence-corrected chi connectivity index (χ2v) is 5.78. The van der Waals surface area contributed by atoms with Gasteiger partial charge in [-0.25, -0.2) is 4.79 Å². The number of hydrogen-bond acceptors (Lipinski definition) is 2. The highest BCUT2D eigenvalue weighted by Crippen LogP contribution is 2.40. The lowest BCUT2D eigenvalue weighted by atomic mass is 9.71. The lowest BCUT2D eigenvalue weighted by Crippen LogP contribution is -2.21. The van der Waals surface area contributed by atoms with Crippen molar-refractivity contribution in [1.82, 2.24) is 0 Å². The summed E-state index contributed by atoms with van der Waals surface area (Å²) < 4.78 is 0. The zero-order valence-corrected chi connectivity index (χ0v) is 13.9. The van der Waals surface area contributed by atoms with Gasteiger partial charge in [0.15, 0.2) is 0 Å². The summed E-state index contributed by atoms with van der Waals surface area (Å²) in [7, 11) is 0. The monoisotopic (exact) mass is 299 g/mol. The van der Waals surface area contributed by atoms with Gasteiger partial charge in [0.2, 0.25) is 0 Å². The lowest BCUT2D eigenvalue weighted by Gasteiger charge is -2.33. The second kappa shape index (κ2) is 10.8. The van der Waals surface area contributed by atoms with Gasteiger partial charge in [-0.15, -0.1) is 0 Å². The Morgan fingerprint density at radius 3 is 2.09 bits per heavy atom. The molecule has 1 N–H and O–H groups in total. The molecule has 1 unspecified atom stereocenters. The molecule has 1 atom stereocenters. The summed E-state index contributed by atoms with van der Waals surface area (Å²) >= 11 is 0. The van der Waals surface area contributed by atoms with Crippen LogP contribution >= 0.6 is 0 Å². The SMILES string of the molecule is C=CC(=C)CCC(CC)(CCC(=N)C=C)CCC(=C=O)C=C. The largest absolute Gasteiger partial charge is 0.305 e. The Labute approximate surface area is 135 Å². The van der Waals surface area contributed by atoms with E-state index in [0.717, 1.165) is 37.7 Å². The molecular weight excluding hydrogens is 270 g/mol. The van der Waals surface area contributed by atoms with Crippen molar-refractivity contribution in [3.8, 4) is 0 Å². The third-order valence-corrected chi connectivity index (χ3v) is 4.49. The molecule has 120 valence electrons. The smallest absolute Gasteiger partial charge is 0.127 e. The van der Waals surface area contributed by atoms with Gasteiger partial charge in [0, 0.05) is 11.3 Å². The topological polar surface area (TPSA) is 40.9 Å². The highest BCUT2D eigenvalue weighted by molar-refractivity contribution is 5.91. The van der Waals surface area contributed by atoms with Crippen molar-refractivity contribution in [2.45, 2.75) is 51.9 Å². The fraction of sp³-hybridized carbons (Fsp3) is 0.450. The molecule has 0 saturated heterocycles. The Hall–Kier alpha value is -1.92. The molecule has 0 bridgehead atoms. The summed E-state index contributed by atoms with van der Waals surface area (Å²) in [5.74, 6) is 1.96. The van der Waals surface area contributed by atoms with Crippen LogP contribution in [0.2, 0.25) is 0 Å². The minimum absolute atomic E-state index is 0.0897. The molecule has 0 radical (unpaired) electrons. The van der Waals surface area contributed by atoms with Gasteiger partial charge in [0.25, 0.3) is 0 Å². The van der Waals surface area contributed by atoms with Crippen LogP contribution in [0.15, 0.2) is 55.7 Å². The minimum Gasteiger partial charge on any atom is -0.305 e. The zero-order valence-electron chi connectivity index (χ0n) is 13.9. The van der Waals surface area contributed by atoms with Crippen LogP contribution in [-0.4, -0.2) is 11.7 Å². The highest BCUT2D eigenvalue weighted by atomic mass is 16.1. The van der Waals surface area contributed by atoms with Crippen molar-refractivity contribution in [2.75, 3.05) is 0 Å². The van der Waals surface area contributed by atoms with Crippen LogP contribution in [0.4, 0.5) is 0 Å². The predicted molar refractivity (Wildman–Crippen MR) is 97.1 cm³/mol. The highest BCUT2D eigenvalue weighted by Gasteiger charge is 2.27. The van der Waals surface area contributed by atoms with Crippen molar-refractivity contribution in [1.29, 1.82) is 5.41 Å². The average Bonchev–Trinajstić information content (AvgIpc) is 2.56. The first kappa shape index (κ1) is 20.1.